The number of carbonyl (C=O) groups excluding carboxylic acids is 1. The number of benzene rings is 1. The van der Waals surface area contributed by atoms with Gasteiger partial charge in [-0.05, 0) is 49.1 Å². The Morgan fingerprint density at radius 2 is 1.87 bits per heavy atom. The second-order valence-electron chi connectivity index (χ2n) is 5.52. The summed E-state index contributed by atoms with van der Waals surface area (Å²) in [5.41, 5.74) is 6.42. The van der Waals surface area contributed by atoms with Gasteiger partial charge in [0.2, 0.25) is 5.91 Å². The van der Waals surface area contributed by atoms with Crippen LogP contribution in [0.25, 0.3) is 0 Å². The molecule has 0 atom stereocenters. The smallest absolute Gasteiger partial charge is 0.217 e. The van der Waals surface area contributed by atoms with Crippen molar-refractivity contribution < 1.29 is 15.7 Å². The molecule has 0 aliphatic carbocycles. The summed E-state index contributed by atoms with van der Waals surface area (Å²) in [4.78, 5) is 10.6. The standard InChI is InChI=1S/C18H29NO3S.H2/c1-21-17-11-9-16(10-12-17)7-6-13-22-15-23-14-5-3-2-4-8-18(19)20;/h9-12H,2-8,13-15H2,1H3,(H2,19,20);1H. The van der Waals surface area contributed by atoms with Gasteiger partial charge >= 0.3 is 0 Å². The van der Waals surface area contributed by atoms with E-state index in [0.29, 0.717) is 6.42 Å². The Bertz CT molecular complexity index is 429. The van der Waals surface area contributed by atoms with Gasteiger partial charge < -0.3 is 15.2 Å². The number of ether oxygens (including phenoxy) is 2. The first-order valence-corrected chi connectivity index (χ1v) is 9.44. The first kappa shape index (κ1) is 19.8. The molecule has 1 aromatic rings. The van der Waals surface area contributed by atoms with E-state index in [-0.39, 0.29) is 7.33 Å². The average Bonchev–Trinajstić information content (AvgIpc) is 2.56. The molecule has 0 spiro atoms. The molecule has 132 valence electrons. The molecule has 5 heteroatoms. The Labute approximate surface area is 145 Å². The van der Waals surface area contributed by atoms with Crippen molar-refractivity contribution in [1.29, 1.82) is 0 Å². The number of amides is 1. The number of methoxy groups -OCH3 is 1. The van der Waals surface area contributed by atoms with Crippen LogP contribution < -0.4 is 10.5 Å². The minimum absolute atomic E-state index is 0. The molecule has 0 bridgehead atoms. The lowest BCUT2D eigenvalue weighted by molar-refractivity contribution is -0.118. The van der Waals surface area contributed by atoms with Crippen LogP contribution in [0.4, 0.5) is 0 Å². The lowest BCUT2D eigenvalue weighted by Gasteiger charge is -2.05. The molecule has 0 radical (unpaired) electrons. The molecular formula is C18H31NO3S. The van der Waals surface area contributed by atoms with Crippen molar-refractivity contribution in [2.45, 2.75) is 44.9 Å². The van der Waals surface area contributed by atoms with Gasteiger partial charge in [0.05, 0.1) is 13.0 Å². The van der Waals surface area contributed by atoms with Crippen LogP contribution in [0.1, 0.15) is 45.5 Å². The van der Waals surface area contributed by atoms with Crippen LogP contribution >= 0.6 is 11.8 Å². The Morgan fingerprint density at radius 3 is 2.57 bits per heavy atom. The molecule has 0 aliphatic heterocycles. The van der Waals surface area contributed by atoms with Crippen molar-refractivity contribution in [3.8, 4) is 5.75 Å². The van der Waals surface area contributed by atoms with Crippen LogP contribution in [0.2, 0.25) is 0 Å². The molecule has 0 aliphatic rings. The van der Waals surface area contributed by atoms with Crippen LogP contribution in [0.5, 0.6) is 5.75 Å². The third-order valence-corrected chi connectivity index (χ3v) is 4.45. The zero-order valence-corrected chi connectivity index (χ0v) is 14.9. The highest BCUT2D eigenvalue weighted by Gasteiger charge is 1.97. The second-order valence-corrected chi connectivity index (χ2v) is 6.57. The van der Waals surface area contributed by atoms with Gasteiger partial charge in [-0.15, -0.1) is 11.8 Å². The van der Waals surface area contributed by atoms with Crippen molar-refractivity contribution in [3.05, 3.63) is 29.8 Å². The van der Waals surface area contributed by atoms with Crippen molar-refractivity contribution in [3.63, 3.8) is 0 Å². The third kappa shape index (κ3) is 11.0. The number of aryl methyl sites for hydroxylation is 1. The molecule has 1 aromatic carbocycles. The van der Waals surface area contributed by atoms with Gasteiger partial charge in [-0.2, -0.15) is 0 Å². The zero-order chi connectivity index (χ0) is 16.8. The Morgan fingerprint density at radius 1 is 1.13 bits per heavy atom. The van der Waals surface area contributed by atoms with E-state index >= 15 is 0 Å². The minimum atomic E-state index is -0.192. The maximum atomic E-state index is 10.6. The van der Waals surface area contributed by atoms with Crippen LogP contribution in [0, 0.1) is 0 Å². The largest absolute Gasteiger partial charge is 0.497 e. The molecular weight excluding hydrogens is 310 g/mol. The summed E-state index contributed by atoms with van der Waals surface area (Å²) in [6.45, 7) is 0.803. The normalized spacial score (nSPS) is 10.7. The highest BCUT2D eigenvalue weighted by Crippen LogP contribution is 2.13. The lowest BCUT2D eigenvalue weighted by atomic mass is 10.1. The fourth-order valence-electron chi connectivity index (χ4n) is 2.20. The summed E-state index contributed by atoms with van der Waals surface area (Å²) >= 11 is 1.84. The average molecular weight is 342 g/mol. The van der Waals surface area contributed by atoms with Crippen LogP contribution in [0.3, 0.4) is 0 Å². The number of primary amides is 1. The molecule has 23 heavy (non-hydrogen) atoms. The van der Waals surface area contributed by atoms with Crippen LogP contribution in [-0.4, -0.2) is 31.3 Å². The van der Waals surface area contributed by atoms with E-state index in [0.717, 1.165) is 56.2 Å². The highest BCUT2D eigenvalue weighted by molar-refractivity contribution is 7.99. The quantitative estimate of drug-likeness (QED) is 0.410. The summed E-state index contributed by atoms with van der Waals surface area (Å²) in [5, 5.41) is 0. The number of carbonyl (C=O) groups is 1. The summed E-state index contributed by atoms with van der Waals surface area (Å²) in [6, 6.07) is 8.20. The van der Waals surface area contributed by atoms with Gasteiger partial charge in [0.15, 0.2) is 0 Å². The van der Waals surface area contributed by atoms with Crippen molar-refractivity contribution in [1.82, 2.24) is 0 Å². The molecule has 2 N–H and O–H groups in total. The lowest BCUT2D eigenvalue weighted by Crippen LogP contribution is -2.09. The van der Waals surface area contributed by atoms with Gasteiger partial charge in [0.25, 0.3) is 0 Å². The topological polar surface area (TPSA) is 61.6 Å². The van der Waals surface area contributed by atoms with Gasteiger partial charge in [0.1, 0.15) is 5.75 Å². The monoisotopic (exact) mass is 341 g/mol. The first-order valence-electron chi connectivity index (χ1n) is 8.29. The molecule has 0 saturated carbocycles. The fourth-order valence-corrected chi connectivity index (χ4v) is 2.97. The Kier molecular flexibility index (Phi) is 11.4. The first-order chi connectivity index (χ1) is 11.2. The van der Waals surface area contributed by atoms with E-state index < -0.39 is 0 Å². The molecule has 1 rings (SSSR count). The van der Waals surface area contributed by atoms with Gasteiger partial charge in [-0.1, -0.05) is 25.0 Å². The van der Waals surface area contributed by atoms with Crippen molar-refractivity contribution >= 4 is 17.7 Å². The fraction of sp³-hybridized carbons (Fsp3) is 0.611. The van der Waals surface area contributed by atoms with Crippen LogP contribution in [0.15, 0.2) is 24.3 Å². The summed E-state index contributed by atoms with van der Waals surface area (Å²) in [6.07, 6.45) is 6.95. The number of hydrogen-bond acceptors (Lipinski definition) is 4. The molecule has 0 unspecified atom stereocenters. The highest BCUT2D eigenvalue weighted by atomic mass is 32.2. The van der Waals surface area contributed by atoms with E-state index in [4.69, 9.17) is 15.2 Å². The van der Waals surface area contributed by atoms with Crippen molar-refractivity contribution in [2.75, 3.05) is 25.4 Å². The summed E-state index contributed by atoms with van der Waals surface area (Å²) in [5.74, 6) is 2.59. The predicted molar refractivity (Wildman–Crippen MR) is 99.0 cm³/mol. The Hall–Kier alpha value is -1.20. The number of thioether (sulfide) groups is 1. The van der Waals surface area contributed by atoms with E-state index in [1.165, 1.54) is 12.0 Å². The van der Waals surface area contributed by atoms with Crippen LogP contribution in [-0.2, 0) is 16.0 Å². The maximum Gasteiger partial charge on any atom is 0.217 e. The molecule has 0 fully saturated rings. The molecule has 0 saturated heterocycles. The number of nitrogens with two attached hydrogens (primary N) is 1. The maximum absolute atomic E-state index is 10.6. The summed E-state index contributed by atoms with van der Waals surface area (Å²) in [7, 11) is 1.68. The second kappa shape index (κ2) is 13.3. The van der Waals surface area contributed by atoms with E-state index in [2.05, 4.69) is 12.1 Å². The number of rotatable bonds is 14. The van der Waals surface area contributed by atoms with Gasteiger partial charge in [-0.3, -0.25) is 4.79 Å². The van der Waals surface area contributed by atoms with Gasteiger partial charge in [0, 0.05) is 14.5 Å². The number of hydrogen-bond donors (Lipinski definition) is 1. The summed E-state index contributed by atoms with van der Waals surface area (Å²) < 4.78 is 10.8. The zero-order valence-electron chi connectivity index (χ0n) is 14.1. The predicted octanol–water partition coefficient (Wildman–Crippen LogP) is 4.02. The molecule has 0 aromatic heterocycles. The van der Waals surface area contributed by atoms with Gasteiger partial charge in [-0.25, -0.2) is 0 Å². The third-order valence-electron chi connectivity index (χ3n) is 3.54. The molecule has 0 heterocycles. The molecule has 4 nitrogen and oxygen atoms in total. The molecule has 1 amide bonds. The van der Waals surface area contributed by atoms with E-state index in [1.54, 1.807) is 7.11 Å². The van der Waals surface area contributed by atoms with E-state index in [9.17, 15) is 4.79 Å². The van der Waals surface area contributed by atoms with E-state index in [1.807, 2.05) is 23.9 Å². The SMILES string of the molecule is COc1ccc(CCCOCSCCCCCCC(N)=O)cc1.[HH]. The van der Waals surface area contributed by atoms with Crippen molar-refractivity contribution in [2.24, 2.45) is 5.73 Å². The number of unbranched alkanes of at least 4 members (excludes halogenated alkanes) is 3. The minimum Gasteiger partial charge on any atom is -0.497 e. The Balaban J connectivity index is 0.00000529.